The van der Waals surface area contributed by atoms with Gasteiger partial charge in [0.2, 0.25) is 0 Å². The first kappa shape index (κ1) is 12.9. The Bertz CT molecular complexity index is 328. The predicted octanol–water partition coefficient (Wildman–Crippen LogP) is 1.34. The Hall–Kier alpha value is -1.13. The number of rotatable bonds is 4. The van der Waals surface area contributed by atoms with Crippen LogP contribution in [0.15, 0.2) is 18.3 Å². The third-order valence-corrected chi connectivity index (χ3v) is 2.27. The second-order valence-electron chi connectivity index (χ2n) is 4.79. The van der Waals surface area contributed by atoms with Crippen molar-refractivity contribution in [3.05, 3.63) is 23.9 Å². The summed E-state index contributed by atoms with van der Waals surface area (Å²) < 4.78 is 0. The first-order valence-corrected chi connectivity index (χ1v) is 5.37. The number of nitrogens with zero attached hydrogens (tertiary/aromatic N) is 2. The molecule has 2 N–H and O–H groups in total. The van der Waals surface area contributed by atoms with Crippen molar-refractivity contribution in [2.75, 3.05) is 18.5 Å². The Morgan fingerprint density at radius 2 is 2.06 bits per heavy atom. The van der Waals surface area contributed by atoms with E-state index in [1.54, 1.807) is 27.0 Å². The SMILES string of the molecule is C[C@@H](O)c1ccc(N(C)CC(C)(C)O)nc1. The van der Waals surface area contributed by atoms with Crippen LogP contribution in [0.3, 0.4) is 0 Å². The van der Waals surface area contributed by atoms with Gasteiger partial charge in [0.15, 0.2) is 0 Å². The van der Waals surface area contributed by atoms with Crippen molar-refractivity contribution in [2.45, 2.75) is 32.5 Å². The molecule has 0 unspecified atom stereocenters. The molecule has 1 atom stereocenters. The summed E-state index contributed by atoms with van der Waals surface area (Å²) in [6.45, 7) is 5.73. The highest BCUT2D eigenvalue weighted by Gasteiger charge is 2.16. The molecule has 0 saturated heterocycles. The van der Waals surface area contributed by atoms with E-state index in [9.17, 15) is 10.2 Å². The Balaban J connectivity index is 2.74. The molecule has 0 saturated carbocycles. The summed E-state index contributed by atoms with van der Waals surface area (Å²) in [7, 11) is 1.88. The minimum atomic E-state index is -0.751. The van der Waals surface area contributed by atoms with E-state index in [0.717, 1.165) is 11.4 Å². The van der Waals surface area contributed by atoms with Crippen molar-refractivity contribution in [1.82, 2.24) is 4.98 Å². The van der Waals surface area contributed by atoms with Crippen LogP contribution in [0.2, 0.25) is 0 Å². The van der Waals surface area contributed by atoms with E-state index in [-0.39, 0.29) is 0 Å². The monoisotopic (exact) mass is 224 g/mol. The van der Waals surface area contributed by atoms with Gasteiger partial charge in [0.05, 0.1) is 11.7 Å². The van der Waals surface area contributed by atoms with Gasteiger partial charge in [-0.15, -0.1) is 0 Å². The minimum Gasteiger partial charge on any atom is -0.389 e. The number of hydrogen-bond acceptors (Lipinski definition) is 4. The zero-order chi connectivity index (χ0) is 12.3. The highest BCUT2D eigenvalue weighted by molar-refractivity contribution is 5.39. The van der Waals surface area contributed by atoms with Crippen LogP contribution in [0.1, 0.15) is 32.4 Å². The summed E-state index contributed by atoms with van der Waals surface area (Å²) in [6.07, 6.45) is 1.15. The normalized spacial score (nSPS) is 13.6. The van der Waals surface area contributed by atoms with Gasteiger partial charge in [0, 0.05) is 19.8 Å². The van der Waals surface area contributed by atoms with Crippen LogP contribution in [0.5, 0.6) is 0 Å². The van der Waals surface area contributed by atoms with E-state index >= 15 is 0 Å². The smallest absolute Gasteiger partial charge is 0.128 e. The fourth-order valence-electron chi connectivity index (χ4n) is 1.53. The van der Waals surface area contributed by atoms with E-state index in [2.05, 4.69) is 4.98 Å². The van der Waals surface area contributed by atoms with Crippen molar-refractivity contribution >= 4 is 5.82 Å². The molecule has 1 heterocycles. The van der Waals surface area contributed by atoms with Crippen molar-refractivity contribution in [1.29, 1.82) is 0 Å². The Kier molecular flexibility index (Phi) is 3.88. The number of aliphatic hydroxyl groups excluding tert-OH is 1. The highest BCUT2D eigenvalue weighted by Crippen LogP contribution is 2.16. The van der Waals surface area contributed by atoms with E-state index in [1.807, 2.05) is 24.1 Å². The summed E-state index contributed by atoms with van der Waals surface area (Å²) in [4.78, 5) is 6.12. The van der Waals surface area contributed by atoms with Crippen LogP contribution < -0.4 is 4.90 Å². The number of hydrogen-bond donors (Lipinski definition) is 2. The Labute approximate surface area is 96.6 Å². The topological polar surface area (TPSA) is 56.6 Å². The van der Waals surface area contributed by atoms with Gasteiger partial charge in [-0.2, -0.15) is 0 Å². The molecule has 0 aliphatic heterocycles. The van der Waals surface area contributed by atoms with Crippen LogP contribution >= 0.6 is 0 Å². The van der Waals surface area contributed by atoms with Crippen LogP contribution in [0, 0.1) is 0 Å². The molecule has 0 aliphatic carbocycles. The van der Waals surface area contributed by atoms with Gasteiger partial charge in [0.1, 0.15) is 5.82 Å². The van der Waals surface area contributed by atoms with Crippen LogP contribution in [0.4, 0.5) is 5.82 Å². The molecule has 4 heteroatoms. The number of likely N-dealkylation sites (N-methyl/N-ethyl adjacent to an activating group) is 1. The summed E-state index contributed by atoms with van der Waals surface area (Å²) in [5.74, 6) is 0.784. The fourth-order valence-corrected chi connectivity index (χ4v) is 1.53. The van der Waals surface area contributed by atoms with Gasteiger partial charge in [-0.25, -0.2) is 4.98 Å². The summed E-state index contributed by atoms with van der Waals surface area (Å²) in [6, 6.07) is 3.68. The lowest BCUT2D eigenvalue weighted by molar-refractivity contribution is 0.0884. The quantitative estimate of drug-likeness (QED) is 0.810. The second kappa shape index (κ2) is 4.80. The molecule has 0 amide bonds. The lowest BCUT2D eigenvalue weighted by atomic mass is 10.1. The Morgan fingerprint density at radius 3 is 2.44 bits per heavy atom. The molecule has 0 spiro atoms. The number of anilines is 1. The predicted molar refractivity (Wildman–Crippen MR) is 64.4 cm³/mol. The number of pyridine rings is 1. The summed E-state index contributed by atoms with van der Waals surface area (Å²) in [5.41, 5.74) is 0.0414. The molecule has 16 heavy (non-hydrogen) atoms. The van der Waals surface area contributed by atoms with E-state index in [0.29, 0.717) is 6.54 Å². The van der Waals surface area contributed by atoms with Gasteiger partial charge in [-0.3, -0.25) is 0 Å². The standard InChI is InChI=1S/C12H20N2O2/c1-9(15)10-5-6-11(13-7-10)14(4)8-12(2,3)16/h5-7,9,15-16H,8H2,1-4H3/t9-/m1/s1. The maximum atomic E-state index is 9.68. The first-order valence-electron chi connectivity index (χ1n) is 5.37. The van der Waals surface area contributed by atoms with Crippen molar-refractivity contribution < 1.29 is 10.2 Å². The fraction of sp³-hybridized carbons (Fsp3) is 0.583. The molecule has 0 aliphatic rings. The molecule has 4 nitrogen and oxygen atoms in total. The zero-order valence-electron chi connectivity index (χ0n) is 10.3. The molecule has 1 rings (SSSR count). The molecular weight excluding hydrogens is 204 g/mol. The second-order valence-corrected chi connectivity index (χ2v) is 4.79. The largest absolute Gasteiger partial charge is 0.389 e. The van der Waals surface area contributed by atoms with Crippen molar-refractivity contribution in [2.24, 2.45) is 0 Å². The van der Waals surface area contributed by atoms with Crippen molar-refractivity contribution in [3.8, 4) is 0 Å². The van der Waals surface area contributed by atoms with Crippen LogP contribution in [-0.4, -0.2) is 34.4 Å². The third kappa shape index (κ3) is 3.79. The average Bonchev–Trinajstić information content (AvgIpc) is 2.15. The minimum absolute atomic E-state index is 0.499. The molecule has 90 valence electrons. The molecular formula is C12H20N2O2. The van der Waals surface area contributed by atoms with Gasteiger partial charge in [0.25, 0.3) is 0 Å². The van der Waals surface area contributed by atoms with Gasteiger partial charge in [-0.1, -0.05) is 6.07 Å². The maximum Gasteiger partial charge on any atom is 0.128 e. The van der Waals surface area contributed by atoms with E-state index < -0.39 is 11.7 Å². The molecule has 0 aromatic carbocycles. The maximum absolute atomic E-state index is 9.68. The van der Waals surface area contributed by atoms with Crippen LogP contribution in [0.25, 0.3) is 0 Å². The third-order valence-electron chi connectivity index (χ3n) is 2.27. The van der Waals surface area contributed by atoms with E-state index in [4.69, 9.17) is 0 Å². The lowest BCUT2D eigenvalue weighted by Crippen LogP contribution is -2.36. The van der Waals surface area contributed by atoms with Gasteiger partial charge < -0.3 is 15.1 Å². The molecule has 1 aromatic heterocycles. The molecule has 0 bridgehead atoms. The van der Waals surface area contributed by atoms with Crippen molar-refractivity contribution in [3.63, 3.8) is 0 Å². The van der Waals surface area contributed by atoms with Crippen LogP contribution in [-0.2, 0) is 0 Å². The van der Waals surface area contributed by atoms with Gasteiger partial charge in [-0.05, 0) is 32.4 Å². The number of aliphatic hydroxyl groups is 2. The molecule has 0 fully saturated rings. The van der Waals surface area contributed by atoms with E-state index in [1.165, 1.54) is 0 Å². The first-order chi connectivity index (χ1) is 7.29. The average molecular weight is 224 g/mol. The van der Waals surface area contributed by atoms with Gasteiger partial charge >= 0.3 is 0 Å². The molecule has 1 aromatic rings. The summed E-state index contributed by atoms with van der Waals surface area (Å²) >= 11 is 0. The highest BCUT2D eigenvalue weighted by atomic mass is 16.3. The zero-order valence-corrected chi connectivity index (χ0v) is 10.3. The Morgan fingerprint density at radius 1 is 1.44 bits per heavy atom. The molecule has 0 radical (unpaired) electrons. The summed E-state index contributed by atoms with van der Waals surface area (Å²) in [5, 5.41) is 19.0. The number of aromatic nitrogens is 1. The lowest BCUT2D eigenvalue weighted by Gasteiger charge is -2.26.